The lowest BCUT2D eigenvalue weighted by Crippen LogP contribution is -2.56. The van der Waals surface area contributed by atoms with E-state index in [2.05, 4.69) is 10.3 Å². The van der Waals surface area contributed by atoms with Crippen molar-refractivity contribution in [2.45, 2.75) is 96.0 Å². The van der Waals surface area contributed by atoms with Gasteiger partial charge in [0.25, 0.3) is 0 Å². The number of rotatable bonds is 17. The quantitative estimate of drug-likeness (QED) is 0.206. The third-order valence-electron chi connectivity index (χ3n) is 8.69. The lowest BCUT2D eigenvalue weighted by atomic mass is 9.81. The molecule has 1 aromatic heterocycles. The molecule has 0 radical (unpaired) electrons. The number of nitrogens with zero attached hydrogens (tertiary/aromatic N) is 3. The smallest absolute Gasteiger partial charge is 0.241 e. The Bertz CT molecular complexity index is 1170. The number of nitrogens with one attached hydrogen (secondary N) is 1. The van der Waals surface area contributed by atoms with Gasteiger partial charge in [0.05, 0.1) is 35.4 Å². The minimum Gasteiger partial charge on any atom is -0.390 e. The second-order valence-corrected chi connectivity index (χ2v) is 13.8. The highest BCUT2D eigenvalue weighted by atomic mass is 32.1. The molecule has 0 bridgehead atoms. The van der Waals surface area contributed by atoms with Gasteiger partial charge < -0.3 is 30.4 Å². The summed E-state index contributed by atoms with van der Waals surface area (Å²) in [6.07, 6.45) is 2.73. The van der Waals surface area contributed by atoms with E-state index in [4.69, 9.17) is 0 Å². The Balaban J connectivity index is 1.91. The van der Waals surface area contributed by atoms with E-state index >= 15 is 0 Å². The third kappa shape index (κ3) is 11.8. The first kappa shape index (κ1) is 36.6. The molecule has 0 spiro atoms. The predicted octanol–water partition coefficient (Wildman–Crippen LogP) is 3.57. The number of likely N-dealkylation sites (N-methyl/N-ethyl adjacent to an activating group) is 1. The van der Waals surface area contributed by atoms with E-state index in [1.807, 2.05) is 37.4 Å². The van der Waals surface area contributed by atoms with Gasteiger partial charge >= 0.3 is 0 Å². The van der Waals surface area contributed by atoms with Crippen molar-refractivity contribution in [3.05, 3.63) is 52.5 Å². The minimum absolute atomic E-state index is 0.0201. The molecule has 1 aromatic carbocycles. The molecule has 2 aromatic rings. The Morgan fingerprint density at radius 2 is 1.73 bits per heavy atom. The lowest BCUT2D eigenvalue weighted by Gasteiger charge is -2.41. The van der Waals surface area contributed by atoms with E-state index in [9.17, 15) is 29.7 Å². The number of hydrogen-bond donors (Lipinski definition) is 4. The molecule has 250 valence electrons. The second-order valence-electron chi connectivity index (χ2n) is 13.1. The first-order valence-corrected chi connectivity index (χ1v) is 17.1. The fourth-order valence-electron chi connectivity index (χ4n) is 6.11. The Kier molecular flexibility index (Phi) is 14.9. The van der Waals surface area contributed by atoms with Crippen molar-refractivity contribution >= 4 is 29.1 Å². The maximum atomic E-state index is 14.6. The summed E-state index contributed by atoms with van der Waals surface area (Å²) >= 11 is 1.39. The summed E-state index contributed by atoms with van der Waals surface area (Å²) in [4.78, 5) is 48.2. The Morgan fingerprint density at radius 3 is 2.33 bits per heavy atom. The maximum absolute atomic E-state index is 14.6. The zero-order chi connectivity index (χ0) is 32.9. The number of benzene rings is 1. The van der Waals surface area contributed by atoms with Crippen LogP contribution >= 0.6 is 11.3 Å². The minimum atomic E-state index is -1.26. The van der Waals surface area contributed by atoms with Gasteiger partial charge in [0.1, 0.15) is 12.6 Å². The molecule has 0 unspecified atom stereocenters. The molecular weight excluding hydrogens is 592 g/mol. The summed E-state index contributed by atoms with van der Waals surface area (Å²) in [7, 11) is 3.23. The number of aliphatic hydroxyl groups is 3. The molecule has 45 heavy (non-hydrogen) atoms. The molecule has 1 aliphatic rings. The van der Waals surface area contributed by atoms with Crippen LogP contribution in [0, 0.1) is 17.8 Å². The molecular formula is C34H52N4O6S. The molecule has 0 saturated heterocycles. The van der Waals surface area contributed by atoms with Crippen LogP contribution in [0.25, 0.3) is 0 Å². The summed E-state index contributed by atoms with van der Waals surface area (Å²) in [6.45, 7) is 3.62. The van der Waals surface area contributed by atoms with Crippen LogP contribution in [-0.2, 0) is 20.8 Å². The molecule has 1 fully saturated rings. The topological polar surface area (TPSA) is 143 Å². The van der Waals surface area contributed by atoms with Gasteiger partial charge in [-0.1, -0.05) is 76.3 Å². The number of hydrogen-bond acceptors (Lipinski definition) is 8. The molecule has 0 aliphatic heterocycles. The highest BCUT2D eigenvalue weighted by molar-refractivity contribution is 7.07. The van der Waals surface area contributed by atoms with E-state index in [-0.39, 0.29) is 43.7 Å². The number of amides is 3. The summed E-state index contributed by atoms with van der Waals surface area (Å²) in [5.74, 6) is -1.68. The maximum Gasteiger partial charge on any atom is 0.241 e. The molecule has 3 rings (SSSR count). The van der Waals surface area contributed by atoms with Crippen molar-refractivity contribution in [1.29, 1.82) is 0 Å². The largest absolute Gasteiger partial charge is 0.390 e. The van der Waals surface area contributed by atoms with Gasteiger partial charge in [-0.2, -0.15) is 0 Å². The molecule has 5 atom stereocenters. The van der Waals surface area contributed by atoms with Crippen molar-refractivity contribution in [2.24, 2.45) is 17.8 Å². The molecule has 10 nitrogen and oxygen atoms in total. The van der Waals surface area contributed by atoms with Gasteiger partial charge in [0, 0.05) is 38.9 Å². The summed E-state index contributed by atoms with van der Waals surface area (Å²) < 4.78 is 0. The SMILES string of the molecule is CC(C)C[C@H](O)[C@H](O)[C@H](CC1CCCCC1)N(CC(=O)N(C)C)C(=O)[C@@H](CC(=O)NC[C@H](O)c1ccccc1)Cc1cscn1. The number of aromatic nitrogens is 1. The number of carbonyl (C=O) groups is 3. The average Bonchev–Trinajstić information content (AvgIpc) is 3.54. The molecule has 11 heteroatoms. The van der Waals surface area contributed by atoms with Crippen LogP contribution in [0.4, 0.5) is 0 Å². The van der Waals surface area contributed by atoms with Gasteiger partial charge in [0.2, 0.25) is 17.7 Å². The fourth-order valence-corrected chi connectivity index (χ4v) is 6.68. The molecule has 4 N–H and O–H groups in total. The number of aliphatic hydroxyl groups excluding tert-OH is 3. The molecule has 1 heterocycles. The number of thiazole rings is 1. The van der Waals surface area contributed by atoms with Gasteiger partial charge in [-0.3, -0.25) is 14.4 Å². The Morgan fingerprint density at radius 1 is 1.04 bits per heavy atom. The van der Waals surface area contributed by atoms with Gasteiger partial charge in [0.15, 0.2) is 0 Å². The standard InChI is InChI=1S/C34H52N4O6S/c1-23(2)15-29(39)33(43)28(16-24-11-7-5-8-12-24)38(20-32(42)37(3)4)34(44)26(17-27-21-45-22-36-27)18-31(41)35-19-30(40)25-13-9-6-10-14-25/h6,9-10,13-14,21-24,26,28-30,33,39-40,43H,5,7-8,11-12,15-20H2,1-4H3,(H,35,41)/t26-,28+,29+,30+,33-/m1/s1. The summed E-state index contributed by atoms with van der Waals surface area (Å²) in [6, 6.07) is 8.20. The van der Waals surface area contributed by atoms with Crippen molar-refractivity contribution in [3.8, 4) is 0 Å². The van der Waals surface area contributed by atoms with Gasteiger partial charge in [-0.15, -0.1) is 11.3 Å². The van der Waals surface area contributed by atoms with E-state index in [0.717, 1.165) is 32.1 Å². The van der Waals surface area contributed by atoms with Gasteiger partial charge in [-0.05, 0) is 30.2 Å². The average molecular weight is 645 g/mol. The highest BCUT2D eigenvalue weighted by Gasteiger charge is 2.40. The Labute approximate surface area is 271 Å². The first-order valence-electron chi connectivity index (χ1n) is 16.2. The van der Waals surface area contributed by atoms with Crippen molar-refractivity contribution in [1.82, 2.24) is 20.1 Å². The van der Waals surface area contributed by atoms with Gasteiger partial charge in [-0.25, -0.2) is 4.98 Å². The van der Waals surface area contributed by atoms with Crippen LogP contribution in [-0.4, -0.2) is 93.3 Å². The van der Waals surface area contributed by atoms with E-state index in [1.54, 1.807) is 31.7 Å². The third-order valence-corrected chi connectivity index (χ3v) is 9.32. The van der Waals surface area contributed by atoms with Crippen LogP contribution in [0.5, 0.6) is 0 Å². The van der Waals surface area contributed by atoms with Crippen molar-refractivity contribution < 1.29 is 29.7 Å². The van der Waals surface area contributed by atoms with Crippen LogP contribution < -0.4 is 5.32 Å². The van der Waals surface area contributed by atoms with Crippen LogP contribution in [0.3, 0.4) is 0 Å². The normalized spacial score (nSPS) is 17.2. The van der Waals surface area contributed by atoms with E-state index in [0.29, 0.717) is 24.1 Å². The summed E-state index contributed by atoms with van der Waals surface area (Å²) in [5, 5.41) is 37.9. The fraction of sp³-hybridized carbons (Fsp3) is 0.647. The summed E-state index contributed by atoms with van der Waals surface area (Å²) in [5.41, 5.74) is 2.98. The predicted molar refractivity (Wildman–Crippen MR) is 175 cm³/mol. The number of carbonyl (C=O) groups excluding carboxylic acids is 3. The highest BCUT2D eigenvalue weighted by Crippen LogP contribution is 2.32. The lowest BCUT2D eigenvalue weighted by molar-refractivity contribution is -0.151. The molecule has 1 aliphatic carbocycles. The molecule has 1 saturated carbocycles. The van der Waals surface area contributed by atoms with Crippen LogP contribution in [0.2, 0.25) is 0 Å². The van der Waals surface area contributed by atoms with Crippen molar-refractivity contribution in [2.75, 3.05) is 27.2 Å². The van der Waals surface area contributed by atoms with Crippen LogP contribution in [0.1, 0.15) is 82.6 Å². The van der Waals surface area contributed by atoms with E-state index < -0.39 is 42.1 Å². The van der Waals surface area contributed by atoms with Crippen LogP contribution in [0.15, 0.2) is 41.2 Å². The Hall–Kier alpha value is -2.86. The monoisotopic (exact) mass is 644 g/mol. The first-order chi connectivity index (χ1) is 21.5. The zero-order valence-electron chi connectivity index (χ0n) is 27.2. The van der Waals surface area contributed by atoms with Crippen molar-refractivity contribution in [3.63, 3.8) is 0 Å². The second kappa shape index (κ2) is 18.3. The van der Waals surface area contributed by atoms with E-state index in [1.165, 1.54) is 21.1 Å². The zero-order valence-corrected chi connectivity index (χ0v) is 28.0. The molecule has 3 amide bonds.